The normalized spacial score (nSPS) is 10.4. The number of nitrogens with one attached hydrogen (secondary N) is 1. The number of nitrogens with zero attached hydrogens (tertiary/aromatic N) is 1. The topological polar surface area (TPSA) is 77.5 Å². The van der Waals surface area contributed by atoms with Gasteiger partial charge < -0.3 is 14.8 Å². The van der Waals surface area contributed by atoms with Gasteiger partial charge in [-0.2, -0.15) is 0 Å². The monoisotopic (exact) mass is 430 g/mol. The molecule has 1 N–H and O–H groups in total. The zero-order valence-electron chi connectivity index (χ0n) is 15.7. The van der Waals surface area contributed by atoms with E-state index in [1.54, 1.807) is 29.6 Å². The molecule has 0 saturated carbocycles. The smallest absolute Gasteiger partial charge is 0.312 e. The first kappa shape index (κ1) is 20.8. The van der Waals surface area contributed by atoms with Crippen LogP contribution in [0.5, 0.6) is 5.75 Å². The molecule has 8 heteroatoms. The maximum Gasteiger partial charge on any atom is 0.312 e. The van der Waals surface area contributed by atoms with Crippen LogP contribution in [0.25, 0.3) is 0 Å². The third-order valence-electron chi connectivity index (χ3n) is 3.82. The van der Waals surface area contributed by atoms with Crippen LogP contribution in [0.2, 0.25) is 5.02 Å². The van der Waals surface area contributed by atoms with Crippen molar-refractivity contribution >= 4 is 40.5 Å². The molecular weight excluding hydrogens is 412 g/mol. The third-order valence-corrected chi connectivity index (χ3v) is 5.02. The molecule has 0 aliphatic carbocycles. The van der Waals surface area contributed by atoms with Crippen LogP contribution in [-0.4, -0.2) is 23.5 Å². The first-order valence-corrected chi connectivity index (χ1v) is 10.1. The number of ether oxygens (including phenoxy) is 2. The minimum absolute atomic E-state index is 0.0135. The Kier molecular flexibility index (Phi) is 7.21. The van der Waals surface area contributed by atoms with Gasteiger partial charge in [-0.15, -0.1) is 11.3 Å². The summed E-state index contributed by atoms with van der Waals surface area (Å²) in [5.41, 5.74) is 2.20. The van der Waals surface area contributed by atoms with Gasteiger partial charge in [0.15, 0.2) is 6.61 Å². The van der Waals surface area contributed by atoms with Gasteiger partial charge in [0.1, 0.15) is 17.4 Å². The van der Waals surface area contributed by atoms with Crippen molar-refractivity contribution in [2.75, 3.05) is 11.9 Å². The summed E-state index contributed by atoms with van der Waals surface area (Å²) in [6.07, 6.45) is -0.0135. The van der Waals surface area contributed by atoms with Crippen LogP contribution in [0.4, 0.5) is 5.69 Å². The van der Waals surface area contributed by atoms with Gasteiger partial charge in [-0.05, 0) is 31.2 Å². The Labute approximate surface area is 177 Å². The van der Waals surface area contributed by atoms with E-state index in [1.807, 2.05) is 31.2 Å². The highest BCUT2D eigenvalue weighted by Crippen LogP contribution is 2.20. The molecule has 0 radical (unpaired) electrons. The van der Waals surface area contributed by atoms with Crippen LogP contribution in [0.15, 0.2) is 53.9 Å². The molecule has 150 valence electrons. The lowest BCUT2D eigenvalue weighted by atomic mass is 10.2. The van der Waals surface area contributed by atoms with Gasteiger partial charge >= 0.3 is 5.97 Å². The second kappa shape index (κ2) is 10.0. The molecule has 6 nitrogen and oxygen atoms in total. The molecule has 1 heterocycles. The van der Waals surface area contributed by atoms with Crippen molar-refractivity contribution in [2.45, 2.75) is 20.0 Å². The quantitative estimate of drug-likeness (QED) is 0.535. The standard InChI is InChI=1S/C21H19ClN2O4S/c1-14-6-8-16(9-7-14)27-12-20-23-15(13-29-20)10-21(26)28-11-19(25)24-18-5-3-2-4-17(18)22/h2-9,13H,10-12H2,1H3,(H,24,25). The number of anilines is 1. The number of esters is 1. The average molecular weight is 431 g/mol. The number of aromatic nitrogens is 1. The van der Waals surface area contributed by atoms with Gasteiger partial charge in [-0.3, -0.25) is 9.59 Å². The van der Waals surface area contributed by atoms with Gasteiger partial charge in [-0.25, -0.2) is 4.98 Å². The summed E-state index contributed by atoms with van der Waals surface area (Å²) in [5, 5.41) is 5.53. The lowest BCUT2D eigenvalue weighted by Crippen LogP contribution is -2.21. The van der Waals surface area contributed by atoms with E-state index in [9.17, 15) is 9.59 Å². The number of halogens is 1. The molecule has 3 rings (SSSR count). The molecule has 0 atom stereocenters. The highest BCUT2D eigenvalue weighted by Gasteiger charge is 2.12. The van der Waals surface area contributed by atoms with Crippen molar-refractivity contribution in [3.05, 3.63) is 75.2 Å². The van der Waals surface area contributed by atoms with Gasteiger partial charge in [-0.1, -0.05) is 41.4 Å². The van der Waals surface area contributed by atoms with Crippen LogP contribution in [0.1, 0.15) is 16.3 Å². The Bertz CT molecular complexity index is 988. The molecule has 0 bridgehead atoms. The minimum atomic E-state index is -0.532. The summed E-state index contributed by atoms with van der Waals surface area (Å²) in [5.74, 6) is -0.233. The molecule has 2 aromatic carbocycles. The first-order valence-electron chi connectivity index (χ1n) is 8.82. The number of benzene rings is 2. The molecule has 0 unspecified atom stereocenters. The van der Waals surface area contributed by atoms with E-state index in [0.29, 0.717) is 23.0 Å². The number of thiazole rings is 1. The highest BCUT2D eigenvalue weighted by molar-refractivity contribution is 7.09. The fraction of sp³-hybridized carbons (Fsp3) is 0.190. The van der Waals surface area contributed by atoms with Crippen molar-refractivity contribution in [1.29, 1.82) is 0 Å². The maximum atomic E-state index is 12.0. The fourth-order valence-electron chi connectivity index (χ4n) is 2.37. The van der Waals surface area contributed by atoms with E-state index in [2.05, 4.69) is 10.3 Å². The molecule has 29 heavy (non-hydrogen) atoms. The van der Waals surface area contributed by atoms with E-state index in [1.165, 1.54) is 11.3 Å². The largest absolute Gasteiger partial charge is 0.486 e. The molecule has 0 fully saturated rings. The van der Waals surface area contributed by atoms with Crippen LogP contribution in [0, 0.1) is 6.92 Å². The van der Waals surface area contributed by atoms with Crippen LogP contribution < -0.4 is 10.1 Å². The summed E-state index contributed by atoms with van der Waals surface area (Å²) in [6, 6.07) is 14.6. The lowest BCUT2D eigenvalue weighted by molar-refractivity contribution is -0.146. The van der Waals surface area contributed by atoms with Crippen molar-refractivity contribution in [2.24, 2.45) is 0 Å². The SMILES string of the molecule is Cc1ccc(OCc2nc(CC(=O)OCC(=O)Nc3ccccc3Cl)cs2)cc1. The zero-order chi connectivity index (χ0) is 20.6. The highest BCUT2D eigenvalue weighted by atomic mass is 35.5. The van der Waals surface area contributed by atoms with Crippen LogP contribution >= 0.6 is 22.9 Å². The van der Waals surface area contributed by atoms with Gasteiger partial charge in [0.25, 0.3) is 5.91 Å². The summed E-state index contributed by atoms with van der Waals surface area (Å²) >= 11 is 7.38. The number of rotatable bonds is 8. The van der Waals surface area contributed by atoms with E-state index in [4.69, 9.17) is 21.1 Å². The molecule has 1 aromatic heterocycles. The Morgan fingerprint density at radius 1 is 1.14 bits per heavy atom. The number of hydrogen-bond acceptors (Lipinski definition) is 6. The Morgan fingerprint density at radius 2 is 1.90 bits per heavy atom. The summed E-state index contributed by atoms with van der Waals surface area (Å²) in [4.78, 5) is 28.2. The van der Waals surface area contributed by atoms with E-state index < -0.39 is 18.5 Å². The molecule has 0 aliphatic heterocycles. The second-order valence-electron chi connectivity index (χ2n) is 6.20. The zero-order valence-corrected chi connectivity index (χ0v) is 17.3. The van der Waals surface area contributed by atoms with Crippen molar-refractivity contribution in [1.82, 2.24) is 4.98 Å². The van der Waals surface area contributed by atoms with Gasteiger partial charge in [0.05, 0.1) is 22.8 Å². The molecule has 0 saturated heterocycles. The van der Waals surface area contributed by atoms with Crippen molar-refractivity contribution in [3.8, 4) is 5.75 Å². The summed E-state index contributed by atoms with van der Waals surface area (Å²) in [7, 11) is 0. The average Bonchev–Trinajstić information content (AvgIpc) is 3.15. The van der Waals surface area contributed by atoms with E-state index in [0.717, 1.165) is 16.3 Å². The van der Waals surface area contributed by atoms with Gasteiger partial charge in [0.2, 0.25) is 0 Å². The van der Waals surface area contributed by atoms with Crippen molar-refractivity contribution in [3.63, 3.8) is 0 Å². The summed E-state index contributed by atoms with van der Waals surface area (Å²) < 4.78 is 10.7. The third kappa shape index (κ3) is 6.58. The number of amides is 1. The number of carbonyl (C=O) groups is 2. The fourth-order valence-corrected chi connectivity index (χ4v) is 3.26. The Morgan fingerprint density at radius 3 is 2.66 bits per heavy atom. The minimum Gasteiger partial charge on any atom is -0.486 e. The Hall–Kier alpha value is -2.90. The molecule has 0 spiro atoms. The van der Waals surface area contributed by atoms with E-state index in [-0.39, 0.29) is 6.42 Å². The molecule has 1 amide bonds. The van der Waals surface area contributed by atoms with Gasteiger partial charge in [0, 0.05) is 5.38 Å². The number of aryl methyl sites for hydroxylation is 1. The number of hydrogen-bond donors (Lipinski definition) is 1. The molecule has 0 aliphatic rings. The first-order chi connectivity index (χ1) is 14.0. The summed E-state index contributed by atoms with van der Waals surface area (Å²) in [6.45, 7) is 1.94. The van der Waals surface area contributed by atoms with Crippen LogP contribution in [0.3, 0.4) is 0 Å². The lowest BCUT2D eigenvalue weighted by Gasteiger charge is -2.07. The number of para-hydroxylation sites is 1. The van der Waals surface area contributed by atoms with Crippen LogP contribution in [-0.2, 0) is 27.4 Å². The second-order valence-corrected chi connectivity index (χ2v) is 7.55. The molecular formula is C21H19ClN2O4S. The van der Waals surface area contributed by atoms with Crippen molar-refractivity contribution < 1.29 is 19.1 Å². The molecule has 3 aromatic rings. The number of carbonyl (C=O) groups excluding carboxylic acids is 2. The maximum absolute atomic E-state index is 12.0. The predicted molar refractivity (Wildman–Crippen MR) is 112 cm³/mol. The van der Waals surface area contributed by atoms with E-state index >= 15 is 0 Å². The predicted octanol–water partition coefficient (Wildman–Crippen LogP) is 4.41. The Balaban J connectivity index is 1.42.